The van der Waals surface area contributed by atoms with Crippen LogP contribution in [0.25, 0.3) is 0 Å². The summed E-state index contributed by atoms with van der Waals surface area (Å²) in [6, 6.07) is 5.78. The highest BCUT2D eigenvalue weighted by molar-refractivity contribution is 7.99. The van der Waals surface area contributed by atoms with Gasteiger partial charge in [-0.1, -0.05) is 25.1 Å². The van der Waals surface area contributed by atoms with E-state index in [1.54, 1.807) is 24.3 Å². The van der Waals surface area contributed by atoms with Crippen LogP contribution in [0.4, 0.5) is 0 Å². The van der Waals surface area contributed by atoms with Crippen LogP contribution < -0.4 is 0 Å². The highest BCUT2D eigenvalue weighted by atomic mass is 32.2. The van der Waals surface area contributed by atoms with Crippen LogP contribution in [0.2, 0.25) is 0 Å². The number of aliphatic hydroxyl groups is 2. The summed E-state index contributed by atoms with van der Waals surface area (Å²) in [5.41, 5.74) is 0.0144. The summed E-state index contributed by atoms with van der Waals surface area (Å²) in [6.07, 6.45) is -1.44. The number of hydrogen-bond acceptors (Lipinski definition) is 7. The molecule has 8 heteroatoms. The second-order valence-electron chi connectivity index (χ2n) is 6.27. The van der Waals surface area contributed by atoms with E-state index in [4.69, 9.17) is 9.47 Å². The molecular weight excluding hydrogens is 370 g/mol. The van der Waals surface area contributed by atoms with Gasteiger partial charge < -0.3 is 19.7 Å². The fourth-order valence-electron chi connectivity index (χ4n) is 3.48. The van der Waals surface area contributed by atoms with Crippen LogP contribution in [0, 0.1) is 0 Å². The van der Waals surface area contributed by atoms with Crippen molar-refractivity contribution in [3.8, 4) is 0 Å². The van der Waals surface area contributed by atoms with Crippen LogP contribution in [0.5, 0.6) is 0 Å². The van der Waals surface area contributed by atoms with E-state index in [2.05, 4.69) is 6.58 Å². The van der Waals surface area contributed by atoms with Crippen LogP contribution in [-0.2, 0) is 9.47 Å². The zero-order chi connectivity index (χ0) is 19.6. The molecule has 27 heavy (non-hydrogen) atoms. The van der Waals surface area contributed by atoms with Crippen molar-refractivity contribution in [3.05, 3.63) is 48.0 Å². The van der Waals surface area contributed by atoms with E-state index < -0.39 is 48.2 Å². The molecule has 146 valence electrons. The normalized spacial score (nSPS) is 30.5. The number of carbonyl (C=O) groups is 2. The number of carbonyl (C=O) groups excluding carboxylic acids is 2. The maximum absolute atomic E-state index is 13.0. The van der Waals surface area contributed by atoms with Crippen molar-refractivity contribution < 1.29 is 29.3 Å². The van der Waals surface area contributed by atoms with Gasteiger partial charge in [0, 0.05) is 0 Å². The van der Waals surface area contributed by atoms with E-state index in [0.29, 0.717) is 16.9 Å². The van der Waals surface area contributed by atoms with Crippen molar-refractivity contribution in [2.24, 2.45) is 0 Å². The van der Waals surface area contributed by atoms with Crippen LogP contribution in [0.1, 0.15) is 27.6 Å². The number of imide groups is 1. The first-order valence-electron chi connectivity index (χ1n) is 8.80. The fraction of sp³-hybridized carbons (Fsp3) is 0.474. The Morgan fingerprint density at radius 1 is 1.30 bits per heavy atom. The smallest absolute Gasteiger partial charge is 0.262 e. The first kappa shape index (κ1) is 20.0. The Kier molecular flexibility index (Phi) is 6.33. The molecule has 3 rings (SSSR count). The first-order chi connectivity index (χ1) is 13.0. The van der Waals surface area contributed by atoms with Gasteiger partial charge in [0.1, 0.15) is 29.8 Å². The highest BCUT2D eigenvalue weighted by Crippen LogP contribution is 2.37. The molecule has 1 aromatic rings. The molecule has 0 aromatic heterocycles. The van der Waals surface area contributed by atoms with E-state index >= 15 is 0 Å². The van der Waals surface area contributed by atoms with Gasteiger partial charge in [-0.05, 0) is 17.9 Å². The summed E-state index contributed by atoms with van der Waals surface area (Å²) in [7, 11) is 0. The maximum atomic E-state index is 13.0. The minimum Gasteiger partial charge on any atom is -0.394 e. The van der Waals surface area contributed by atoms with Crippen molar-refractivity contribution in [2.45, 2.75) is 36.7 Å². The zero-order valence-electron chi connectivity index (χ0n) is 15.0. The van der Waals surface area contributed by atoms with Gasteiger partial charge in [-0.2, -0.15) is 0 Å². The van der Waals surface area contributed by atoms with Gasteiger partial charge in [0.15, 0.2) is 0 Å². The summed E-state index contributed by atoms with van der Waals surface area (Å²) >= 11 is 1.39. The molecule has 0 unspecified atom stereocenters. The number of aliphatic hydroxyl groups excluding tert-OH is 2. The molecule has 2 heterocycles. The molecule has 2 amide bonds. The largest absolute Gasteiger partial charge is 0.394 e. The van der Waals surface area contributed by atoms with Gasteiger partial charge in [0.05, 0.1) is 24.3 Å². The van der Waals surface area contributed by atoms with Gasteiger partial charge >= 0.3 is 0 Å². The Balaban J connectivity index is 2.01. The summed E-state index contributed by atoms with van der Waals surface area (Å²) in [6.45, 7) is 5.26. The molecule has 0 saturated carbocycles. The van der Waals surface area contributed by atoms with E-state index in [0.717, 1.165) is 4.90 Å². The van der Waals surface area contributed by atoms with Crippen molar-refractivity contribution >= 4 is 23.6 Å². The monoisotopic (exact) mass is 393 g/mol. The standard InChI is InChI=1S/C19H23NO6S/c1-3-9-25-16-14(19(27-4-2)26-13(10-21)15(16)22)20-17(23)11-7-5-6-8-12(11)18(20)24/h3,5-8,13-16,19,21-22H,1,4,9-10H2,2H3/t13-,14-,15-,16-,19+/m1/s1. The summed E-state index contributed by atoms with van der Waals surface area (Å²) < 4.78 is 11.6. The van der Waals surface area contributed by atoms with Gasteiger partial charge in [-0.15, -0.1) is 18.3 Å². The summed E-state index contributed by atoms with van der Waals surface area (Å²) in [4.78, 5) is 27.1. The molecule has 2 N–H and O–H groups in total. The zero-order valence-corrected chi connectivity index (χ0v) is 15.8. The number of thioether (sulfide) groups is 1. The van der Waals surface area contributed by atoms with Crippen molar-refractivity contribution in [2.75, 3.05) is 19.0 Å². The van der Waals surface area contributed by atoms with Crippen molar-refractivity contribution in [1.29, 1.82) is 0 Å². The Bertz CT molecular complexity index is 691. The van der Waals surface area contributed by atoms with Crippen LogP contribution in [0.15, 0.2) is 36.9 Å². The summed E-state index contributed by atoms with van der Waals surface area (Å²) in [5, 5.41) is 20.2. The molecular formula is C19H23NO6S. The van der Waals surface area contributed by atoms with E-state index in [9.17, 15) is 19.8 Å². The molecule has 0 radical (unpaired) electrons. The molecule has 7 nitrogen and oxygen atoms in total. The van der Waals surface area contributed by atoms with Gasteiger partial charge in [-0.25, -0.2) is 0 Å². The van der Waals surface area contributed by atoms with Gasteiger partial charge in [-0.3, -0.25) is 14.5 Å². The third kappa shape index (κ3) is 3.55. The van der Waals surface area contributed by atoms with E-state index in [1.165, 1.54) is 17.8 Å². The number of ether oxygens (including phenoxy) is 2. The molecule has 0 spiro atoms. The molecule has 0 bridgehead atoms. The third-order valence-electron chi connectivity index (χ3n) is 4.68. The second kappa shape index (κ2) is 8.53. The quantitative estimate of drug-likeness (QED) is 0.528. The fourth-order valence-corrected chi connectivity index (χ4v) is 4.50. The number of fused-ring (bicyclic) bond motifs is 1. The molecule has 0 aliphatic carbocycles. The highest BCUT2D eigenvalue weighted by Gasteiger charge is 2.53. The van der Waals surface area contributed by atoms with Crippen LogP contribution in [0.3, 0.4) is 0 Å². The molecule has 2 aliphatic rings. The lowest BCUT2D eigenvalue weighted by molar-refractivity contribution is -0.194. The van der Waals surface area contributed by atoms with Crippen molar-refractivity contribution in [1.82, 2.24) is 4.90 Å². The topological polar surface area (TPSA) is 96.3 Å². The average molecular weight is 393 g/mol. The first-order valence-corrected chi connectivity index (χ1v) is 9.85. The van der Waals surface area contributed by atoms with Crippen LogP contribution in [-0.4, -0.2) is 75.7 Å². The number of benzene rings is 1. The van der Waals surface area contributed by atoms with Crippen LogP contribution >= 0.6 is 11.8 Å². The Morgan fingerprint density at radius 2 is 1.93 bits per heavy atom. The molecule has 5 atom stereocenters. The predicted octanol–water partition coefficient (Wildman–Crippen LogP) is 1.05. The minimum atomic E-state index is -1.20. The SMILES string of the molecule is C=CCO[C@H]1[C@H](O)[C@@H](CO)O[C@@H](SCC)[C@@H]1N1C(=O)c2ccccc2C1=O. The lowest BCUT2D eigenvalue weighted by atomic mass is 9.96. The lowest BCUT2D eigenvalue weighted by Crippen LogP contribution is -2.65. The Morgan fingerprint density at radius 3 is 2.44 bits per heavy atom. The van der Waals surface area contributed by atoms with Gasteiger partial charge in [0.25, 0.3) is 11.8 Å². The maximum Gasteiger partial charge on any atom is 0.262 e. The predicted molar refractivity (Wildman–Crippen MR) is 101 cm³/mol. The minimum absolute atomic E-state index is 0.128. The lowest BCUT2D eigenvalue weighted by Gasteiger charge is -2.46. The Labute approximate surface area is 161 Å². The molecule has 1 fully saturated rings. The summed E-state index contributed by atoms with van der Waals surface area (Å²) in [5.74, 6) is -0.215. The average Bonchev–Trinajstić information content (AvgIpc) is 2.93. The van der Waals surface area contributed by atoms with Crippen molar-refractivity contribution in [3.63, 3.8) is 0 Å². The molecule has 1 aromatic carbocycles. The van der Waals surface area contributed by atoms with E-state index in [1.807, 2.05) is 6.92 Å². The number of hydrogen-bond donors (Lipinski definition) is 2. The number of rotatable bonds is 7. The Hall–Kier alpha value is -1.71. The molecule has 2 aliphatic heterocycles. The van der Waals surface area contributed by atoms with E-state index in [-0.39, 0.29) is 6.61 Å². The second-order valence-corrected chi connectivity index (χ2v) is 7.65. The molecule has 1 saturated heterocycles. The number of nitrogens with zero attached hydrogens (tertiary/aromatic N) is 1. The number of amides is 2. The van der Waals surface area contributed by atoms with Gasteiger partial charge in [0.2, 0.25) is 0 Å². The third-order valence-corrected chi connectivity index (χ3v) is 5.73.